The summed E-state index contributed by atoms with van der Waals surface area (Å²) < 4.78 is 5.19. The molecule has 0 atom stereocenters. The Morgan fingerprint density at radius 1 is 1.08 bits per heavy atom. The minimum absolute atomic E-state index is 0.824. The maximum Gasteiger partial charge on any atom is 0.227 e. The van der Waals surface area contributed by atoms with Gasteiger partial charge in [-0.25, -0.2) is 4.98 Å². The minimum Gasteiger partial charge on any atom is -0.497 e. The molecule has 1 saturated heterocycles. The van der Waals surface area contributed by atoms with Crippen molar-refractivity contribution >= 4 is 11.8 Å². The molecule has 0 unspecified atom stereocenters. The Kier molecular flexibility index (Phi) is 6.06. The Balaban J connectivity index is 1.51. The van der Waals surface area contributed by atoms with E-state index in [0.717, 1.165) is 63.2 Å². The molecule has 25 heavy (non-hydrogen) atoms. The van der Waals surface area contributed by atoms with E-state index >= 15 is 0 Å². The summed E-state index contributed by atoms with van der Waals surface area (Å²) in [6.45, 7) is 8.30. The van der Waals surface area contributed by atoms with Crippen molar-refractivity contribution in [2.75, 3.05) is 56.6 Å². The highest BCUT2D eigenvalue weighted by molar-refractivity contribution is 5.41. The van der Waals surface area contributed by atoms with Crippen molar-refractivity contribution in [1.82, 2.24) is 14.9 Å². The Hall–Kier alpha value is -2.34. The van der Waals surface area contributed by atoms with Crippen LogP contribution in [0, 0.1) is 0 Å². The number of hydrogen-bond acceptors (Lipinski definition) is 6. The van der Waals surface area contributed by atoms with Crippen molar-refractivity contribution < 1.29 is 4.74 Å². The summed E-state index contributed by atoms with van der Waals surface area (Å²) in [7, 11) is 1.69. The monoisotopic (exact) mass is 341 g/mol. The number of anilines is 2. The van der Waals surface area contributed by atoms with E-state index in [9.17, 15) is 0 Å². The highest BCUT2D eigenvalue weighted by Crippen LogP contribution is 2.14. The smallest absolute Gasteiger partial charge is 0.227 e. The predicted molar refractivity (Wildman–Crippen MR) is 102 cm³/mol. The number of methoxy groups -OCH3 is 1. The van der Waals surface area contributed by atoms with Gasteiger partial charge in [0.1, 0.15) is 11.6 Å². The maximum absolute atomic E-state index is 5.19. The number of piperazine rings is 1. The summed E-state index contributed by atoms with van der Waals surface area (Å²) >= 11 is 0. The summed E-state index contributed by atoms with van der Waals surface area (Å²) in [5.41, 5.74) is 1.28. The van der Waals surface area contributed by atoms with E-state index in [1.807, 2.05) is 24.4 Å². The molecule has 0 aliphatic carbocycles. The van der Waals surface area contributed by atoms with Gasteiger partial charge in [0.2, 0.25) is 5.95 Å². The van der Waals surface area contributed by atoms with Crippen LogP contribution in [-0.4, -0.2) is 61.2 Å². The van der Waals surface area contributed by atoms with Gasteiger partial charge < -0.3 is 19.9 Å². The van der Waals surface area contributed by atoms with E-state index in [0.29, 0.717) is 0 Å². The van der Waals surface area contributed by atoms with Crippen LogP contribution in [0.1, 0.15) is 12.5 Å². The molecule has 2 aromatic rings. The molecular formula is C19H27N5O. The fourth-order valence-corrected chi connectivity index (χ4v) is 2.99. The fraction of sp³-hybridized carbons (Fsp3) is 0.474. The van der Waals surface area contributed by atoms with Crippen LogP contribution in [0.15, 0.2) is 36.5 Å². The Morgan fingerprint density at radius 2 is 1.84 bits per heavy atom. The molecule has 1 N–H and O–H groups in total. The van der Waals surface area contributed by atoms with E-state index in [1.54, 1.807) is 7.11 Å². The van der Waals surface area contributed by atoms with E-state index in [1.165, 1.54) is 5.56 Å². The van der Waals surface area contributed by atoms with Crippen LogP contribution in [0.2, 0.25) is 0 Å². The van der Waals surface area contributed by atoms with Crippen LogP contribution >= 0.6 is 0 Å². The molecule has 0 radical (unpaired) electrons. The second kappa shape index (κ2) is 8.67. The number of ether oxygens (including phenoxy) is 1. The third kappa shape index (κ3) is 4.82. The lowest BCUT2D eigenvalue weighted by atomic mass is 10.1. The number of nitrogens with zero attached hydrogens (tertiary/aromatic N) is 4. The summed E-state index contributed by atoms with van der Waals surface area (Å²) in [6.07, 6.45) is 2.78. The number of rotatable bonds is 7. The lowest BCUT2D eigenvalue weighted by molar-refractivity contribution is 0.270. The van der Waals surface area contributed by atoms with Gasteiger partial charge in [0.15, 0.2) is 0 Å². The number of hydrogen-bond donors (Lipinski definition) is 1. The molecule has 0 bridgehead atoms. The van der Waals surface area contributed by atoms with E-state index in [2.05, 4.69) is 44.1 Å². The molecule has 0 saturated carbocycles. The number of aromatic nitrogens is 2. The molecule has 3 rings (SSSR count). The van der Waals surface area contributed by atoms with E-state index in [4.69, 9.17) is 4.74 Å². The van der Waals surface area contributed by atoms with Gasteiger partial charge in [-0.05, 0) is 36.7 Å². The van der Waals surface area contributed by atoms with Gasteiger partial charge >= 0.3 is 0 Å². The molecule has 0 amide bonds. The van der Waals surface area contributed by atoms with Crippen LogP contribution in [-0.2, 0) is 6.42 Å². The molecule has 1 aromatic carbocycles. The Labute approximate surface area is 149 Å². The first kappa shape index (κ1) is 17.5. The van der Waals surface area contributed by atoms with Gasteiger partial charge in [-0.15, -0.1) is 0 Å². The van der Waals surface area contributed by atoms with Gasteiger partial charge in [0.05, 0.1) is 7.11 Å². The van der Waals surface area contributed by atoms with Crippen LogP contribution in [0.4, 0.5) is 11.8 Å². The van der Waals surface area contributed by atoms with Crippen LogP contribution in [0.25, 0.3) is 0 Å². The van der Waals surface area contributed by atoms with E-state index in [-0.39, 0.29) is 0 Å². The number of benzene rings is 1. The normalized spacial score (nSPS) is 15.2. The largest absolute Gasteiger partial charge is 0.497 e. The first-order valence-electron chi connectivity index (χ1n) is 8.95. The summed E-state index contributed by atoms with van der Waals surface area (Å²) in [5, 5.41) is 3.40. The second-order valence-corrected chi connectivity index (χ2v) is 6.19. The quantitative estimate of drug-likeness (QED) is 0.834. The predicted octanol–water partition coefficient (Wildman–Crippen LogP) is 2.28. The molecular weight excluding hydrogens is 314 g/mol. The van der Waals surface area contributed by atoms with Crippen LogP contribution in [0.5, 0.6) is 5.75 Å². The SMILES string of the molecule is CCN1CCN(c2nccc(NCCc3ccc(OC)cc3)n2)CC1. The maximum atomic E-state index is 5.19. The Bertz CT molecular complexity index is 653. The van der Waals surface area contributed by atoms with Crippen molar-refractivity contribution in [2.24, 2.45) is 0 Å². The third-order valence-corrected chi connectivity index (χ3v) is 4.62. The van der Waals surface area contributed by atoms with Gasteiger partial charge in [-0.1, -0.05) is 19.1 Å². The lowest BCUT2D eigenvalue weighted by Crippen LogP contribution is -2.46. The van der Waals surface area contributed by atoms with Crippen molar-refractivity contribution in [2.45, 2.75) is 13.3 Å². The first-order chi connectivity index (χ1) is 12.3. The molecule has 1 fully saturated rings. The molecule has 1 aromatic heterocycles. The van der Waals surface area contributed by atoms with E-state index < -0.39 is 0 Å². The summed E-state index contributed by atoms with van der Waals surface area (Å²) in [4.78, 5) is 13.8. The Morgan fingerprint density at radius 3 is 2.52 bits per heavy atom. The topological polar surface area (TPSA) is 53.5 Å². The molecule has 1 aliphatic rings. The average Bonchev–Trinajstić information content (AvgIpc) is 2.69. The van der Waals surface area contributed by atoms with Crippen molar-refractivity contribution in [3.63, 3.8) is 0 Å². The van der Waals surface area contributed by atoms with Crippen LogP contribution < -0.4 is 15.0 Å². The second-order valence-electron chi connectivity index (χ2n) is 6.19. The zero-order valence-corrected chi connectivity index (χ0v) is 15.1. The lowest BCUT2D eigenvalue weighted by Gasteiger charge is -2.34. The van der Waals surface area contributed by atoms with Crippen molar-refractivity contribution in [3.05, 3.63) is 42.1 Å². The van der Waals surface area contributed by atoms with Gasteiger partial charge in [-0.2, -0.15) is 4.98 Å². The zero-order chi connectivity index (χ0) is 17.5. The summed E-state index contributed by atoms with van der Waals surface area (Å²) in [5.74, 6) is 2.60. The average molecular weight is 341 g/mol. The third-order valence-electron chi connectivity index (χ3n) is 4.62. The molecule has 0 spiro atoms. The summed E-state index contributed by atoms with van der Waals surface area (Å²) in [6, 6.07) is 10.1. The van der Waals surface area contributed by atoms with Crippen molar-refractivity contribution in [3.8, 4) is 5.75 Å². The molecule has 2 heterocycles. The molecule has 1 aliphatic heterocycles. The van der Waals surface area contributed by atoms with Gasteiger partial charge in [-0.3, -0.25) is 0 Å². The highest BCUT2D eigenvalue weighted by Gasteiger charge is 2.17. The highest BCUT2D eigenvalue weighted by atomic mass is 16.5. The standard InChI is InChI=1S/C19H27N5O/c1-3-23-12-14-24(15-13-23)19-21-11-9-18(22-19)20-10-8-16-4-6-17(25-2)7-5-16/h4-7,9,11H,3,8,10,12-15H2,1-2H3,(H,20,21,22). The van der Waals surface area contributed by atoms with Crippen molar-refractivity contribution in [1.29, 1.82) is 0 Å². The van der Waals surface area contributed by atoms with Gasteiger partial charge in [0.25, 0.3) is 0 Å². The zero-order valence-electron chi connectivity index (χ0n) is 15.1. The minimum atomic E-state index is 0.824. The number of nitrogens with one attached hydrogen (secondary N) is 1. The molecule has 6 nitrogen and oxygen atoms in total. The van der Waals surface area contributed by atoms with Gasteiger partial charge in [0, 0.05) is 38.9 Å². The van der Waals surface area contributed by atoms with Crippen LogP contribution in [0.3, 0.4) is 0 Å². The number of likely N-dealkylation sites (N-methyl/N-ethyl adjacent to an activating group) is 1. The first-order valence-corrected chi connectivity index (χ1v) is 8.95. The molecule has 134 valence electrons. The molecule has 6 heteroatoms. The fourth-order valence-electron chi connectivity index (χ4n) is 2.99.